The van der Waals surface area contributed by atoms with Crippen molar-refractivity contribution in [2.75, 3.05) is 11.9 Å². The molecular formula is C29H23FN2O2. The number of hydrogen-bond donors (Lipinski definition) is 1. The fourth-order valence-corrected chi connectivity index (χ4v) is 4.61. The lowest BCUT2D eigenvalue weighted by molar-refractivity contribution is -0.136. The van der Waals surface area contributed by atoms with Gasteiger partial charge in [-0.1, -0.05) is 91.0 Å². The quantitative estimate of drug-likeness (QED) is 0.445. The van der Waals surface area contributed by atoms with Gasteiger partial charge in [0.15, 0.2) is 0 Å². The van der Waals surface area contributed by atoms with E-state index in [9.17, 15) is 14.0 Å². The molecule has 1 aliphatic heterocycles. The van der Waals surface area contributed by atoms with Gasteiger partial charge in [0.25, 0.3) is 0 Å². The van der Waals surface area contributed by atoms with E-state index in [1.54, 1.807) is 11.0 Å². The van der Waals surface area contributed by atoms with Crippen molar-refractivity contribution in [2.45, 2.75) is 12.0 Å². The molecule has 2 amide bonds. The monoisotopic (exact) mass is 450 g/mol. The topological polar surface area (TPSA) is 49.4 Å². The molecule has 0 bridgehead atoms. The standard InChI is InChI=1S/C29H23FN2O2/c30-23-16-17-25-24(18-23)28(22-14-8-3-9-15-22)32(19-26(33)31-25)29(34)27(20-10-4-1-5-11-20)21-12-6-2-7-13-21/h1-18,27-28H,19H2,(H,31,33). The van der Waals surface area contributed by atoms with Crippen molar-refractivity contribution in [1.29, 1.82) is 0 Å². The Kier molecular flexibility index (Phi) is 5.91. The van der Waals surface area contributed by atoms with Gasteiger partial charge in [0.1, 0.15) is 12.4 Å². The third-order valence-electron chi connectivity index (χ3n) is 6.12. The normalized spacial score (nSPS) is 15.4. The summed E-state index contributed by atoms with van der Waals surface area (Å²) in [6, 6.07) is 32.1. The van der Waals surface area contributed by atoms with Crippen LogP contribution in [0.15, 0.2) is 109 Å². The first-order chi connectivity index (χ1) is 16.6. The highest BCUT2D eigenvalue weighted by Gasteiger charge is 2.37. The summed E-state index contributed by atoms with van der Waals surface area (Å²) in [6.45, 7) is -0.148. The van der Waals surface area contributed by atoms with Crippen LogP contribution in [0.3, 0.4) is 0 Å². The predicted molar refractivity (Wildman–Crippen MR) is 130 cm³/mol. The largest absolute Gasteiger partial charge is 0.324 e. The molecule has 0 saturated heterocycles. The lowest BCUT2D eigenvalue weighted by atomic mass is 9.88. The molecule has 34 heavy (non-hydrogen) atoms. The van der Waals surface area contributed by atoms with Crippen molar-refractivity contribution in [1.82, 2.24) is 4.90 Å². The van der Waals surface area contributed by atoms with Gasteiger partial charge in [-0.25, -0.2) is 4.39 Å². The van der Waals surface area contributed by atoms with Crippen LogP contribution in [0.5, 0.6) is 0 Å². The van der Waals surface area contributed by atoms with Crippen LogP contribution in [0.1, 0.15) is 34.2 Å². The Labute approximate surface area is 197 Å². The summed E-state index contributed by atoms with van der Waals surface area (Å²) in [5, 5.41) is 2.85. The lowest BCUT2D eigenvalue weighted by Crippen LogP contribution is -2.42. The van der Waals surface area contributed by atoms with Crippen LogP contribution < -0.4 is 5.32 Å². The van der Waals surface area contributed by atoms with Crippen LogP contribution in [-0.4, -0.2) is 23.3 Å². The number of hydrogen-bond acceptors (Lipinski definition) is 2. The Hall–Kier alpha value is -4.25. The Morgan fingerprint density at radius 3 is 1.97 bits per heavy atom. The number of rotatable bonds is 4. The maximum Gasteiger partial charge on any atom is 0.244 e. The molecule has 0 fully saturated rings. The SMILES string of the molecule is O=C1CN(C(=O)C(c2ccccc2)c2ccccc2)C(c2ccccc2)c2cc(F)ccc2N1. The number of anilines is 1. The zero-order valence-electron chi connectivity index (χ0n) is 18.4. The van der Waals surface area contributed by atoms with E-state index in [1.807, 2.05) is 91.0 Å². The Balaban J connectivity index is 1.69. The van der Waals surface area contributed by atoms with E-state index in [0.29, 0.717) is 11.3 Å². The van der Waals surface area contributed by atoms with Crippen molar-refractivity contribution < 1.29 is 14.0 Å². The minimum absolute atomic E-state index is 0.148. The molecule has 4 aromatic rings. The van der Waals surface area contributed by atoms with Crippen molar-refractivity contribution in [3.63, 3.8) is 0 Å². The number of nitrogens with one attached hydrogen (secondary N) is 1. The van der Waals surface area contributed by atoms with Crippen LogP contribution in [0.4, 0.5) is 10.1 Å². The van der Waals surface area contributed by atoms with Gasteiger partial charge in [0.05, 0.1) is 12.0 Å². The van der Waals surface area contributed by atoms with E-state index >= 15 is 0 Å². The average Bonchev–Trinajstić information content (AvgIpc) is 3.01. The molecule has 5 heteroatoms. The number of halogens is 1. The van der Waals surface area contributed by atoms with Gasteiger partial charge in [-0.15, -0.1) is 0 Å². The molecule has 0 aliphatic carbocycles. The van der Waals surface area contributed by atoms with Gasteiger partial charge in [0, 0.05) is 11.3 Å². The second-order valence-corrected chi connectivity index (χ2v) is 8.31. The van der Waals surface area contributed by atoms with Crippen LogP contribution in [-0.2, 0) is 9.59 Å². The lowest BCUT2D eigenvalue weighted by Gasteiger charge is -2.33. The average molecular weight is 451 g/mol. The zero-order chi connectivity index (χ0) is 23.5. The Bertz CT molecular complexity index is 1270. The number of fused-ring (bicyclic) bond motifs is 1. The summed E-state index contributed by atoms with van der Waals surface area (Å²) >= 11 is 0. The molecule has 0 aromatic heterocycles. The second kappa shape index (κ2) is 9.32. The van der Waals surface area contributed by atoms with Gasteiger partial charge in [0.2, 0.25) is 11.8 Å². The van der Waals surface area contributed by atoms with E-state index in [2.05, 4.69) is 5.32 Å². The van der Waals surface area contributed by atoms with E-state index in [1.165, 1.54) is 12.1 Å². The summed E-state index contributed by atoms with van der Waals surface area (Å²) in [5.74, 6) is -1.58. The molecule has 5 rings (SSSR count). The summed E-state index contributed by atoms with van der Waals surface area (Å²) in [5.41, 5.74) is 3.51. The van der Waals surface area contributed by atoms with E-state index < -0.39 is 17.8 Å². The first kappa shape index (κ1) is 21.6. The number of carbonyl (C=O) groups excluding carboxylic acids is 2. The summed E-state index contributed by atoms with van der Waals surface area (Å²) in [7, 11) is 0. The summed E-state index contributed by atoms with van der Waals surface area (Å²) < 4.78 is 14.4. The van der Waals surface area contributed by atoms with E-state index in [-0.39, 0.29) is 18.4 Å². The van der Waals surface area contributed by atoms with Gasteiger partial charge < -0.3 is 10.2 Å². The number of carbonyl (C=O) groups is 2. The van der Waals surface area contributed by atoms with Crippen molar-refractivity contribution in [3.05, 3.63) is 137 Å². The minimum atomic E-state index is -0.631. The molecule has 168 valence electrons. The molecule has 0 saturated carbocycles. The molecule has 1 unspecified atom stereocenters. The third-order valence-corrected chi connectivity index (χ3v) is 6.12. The molecule has 4 aromatic carbocycles. The van der Waals surface area contributed by atoms with E-state index in [4.69, 9.17) is 0 Å². The second-order valence-electron chi connectivity index (χ2n) is 8.31. The minimum Gasteiger partial charge on any atom is -0.324 e. The fraction of sp³-hybridized carbons (Fsp3) is 0.103. The Morgan fingerprint density at radius 2 is 1.38 bits per heavy atom. The molecule has 0 spiro atoms. The molecule has 1 heterocycles. The smallest absolute Gasteiger partial charge is 0.244 e. The van der Waals surface area contributed by atoms with Crippen LogP contribution in [0.25, 0.3) is 0 Å². The van der Waals surface area contributed by atoms with Crippen LogP contribution >= 0.6 is 0 Å². The van der Waals surface area contributed by atoms with Crippen molar-refractivity contribution >= 4 is 17.5 Å². The highest BCUT2D eigenvalue weighted by atomic mass is 19.1. The highest BCUT2D eigenvalue weighted by molar-refractivity contribution is 5.98. The molecule has 1 N–H and O–H groups in total. The molecule has 0 radical (unpaired) electrons. The van der Waals surface area contributed by atoms with E-state index in [0.717, 1.165) is 16.7 Å². The maximum absolute atomic E-state index is 14.4. The number of amides is 2. The third kappa shape index (κ3) is 4.20. The summed E-state index contributed by atoms with van der Waals surface area (Å²) in [4.78, 5) is 28.8. The molecule has 4 nitrogen and oxygen atoms in total. The highest BCUT2D eigenvalue weighted by Crippen LogP contribution is 2.39. The van der Waals surface area contributed by atoms with Gasteiger partial charge >= 0.3 is 0 Å². The van der Waals surface area contributed by atoms with Crippen molar-refractivity contribution in [3.8, 4) is 0 Å². The predicted octanol–water partition coefficient (Wildman–Crippen LogP) is 5.53. The van der Waals surface area contributed by atoms with Crippen LogP contribution in [0.2, 0.25) is 0 Å². The van der Waals surface area contributed by atoms with Gasteiger partial charge in [-0.3, -0.25) is 9.59 Å². The summed E-state index contributed by atoms with van der Waals surface area (Å²) in [6.07, 6.45) is 0. The van der Waals surface area contributed by atoms with Gasteiger partial charge in [-0.05, 0) is 34.9 Å². The first-order valence-corrected chi connectivity index (χ1v) is 11.2. The fourth-order valence-electron chi connectivity index (χ4n) is 4.61. The number of benzene rings is 4. The molecule has 1 atom stereocenters. The first-order valence-electron chi connectivity index (χ1n) is 11.2. The molecular weight excluding hydrogens is 427 g/mol. The maximum atomic E-state index is 14.4. The number of nitrogens with zero attached hydrogens (tertiary/aromatic N) is 1. The van der Waals surface area contributed by atoms with Crippen LogP contribution in [0, 0.1) is 5.82 Å². The zero-order valence-corrected chi connectivity index (χ0v) is 18.4. The molecule has 1 aliphatic rings. The van der Waals surface area contributed by atoms with Gasteiger partial charge in [-0.2, -0.15) is 0 Å². The Morgan fingerprint density at radius 1 is 0.824 bits per heavy atom. The van der Waals surface area contributed by atoms with Crippen molar-refractivity contribution in [2.24, 2.45) is 0 Å².